The highest BCUT2D eigenvalue weighted by Crippen LogP contribution is 2.34. The van der Waals surface area contributed by atoms with E-state index < -0.39 is 0 Å². The summed E-state index contributed by atoms with van der Waals surface area (Å²) in [4.78, 5) is 2.87. The van der Waals surface area contributed by atoms with Crippen LogP contribution in [0, 0.1) is 5.92 Å². The van der Waals surface area contributed by atoms with Gasteiger partial charge in [0.05, 0.1) is 0 Å². The van der Waals surface area contributed by atoms with E-state index in [4.69, 9.17) is 0 Å². The minimum absolute atomic E-state index is 0.761. The molecule has 106 valence electrons. The summed E-state index contributed by atoms with van der Waals surface area (Å²) in [5, 5.41) is 3.74. The van der Waals surface area contributed by atoms with E-state index in [1.165, 1.54) is 51.5 Å². The predicted octanol–water partition coefficient (Wildman–Crippen LogP) is 3.42. The van der Waals surface area contributed by atoms with Gasteiger partial charge in [-0.25, -0.2) is 0 Å². The van der Waals surface area contributed by atoms with Crippen molar-refractivity contribution in [2.45, 2.75) is 83.8 Å². The van der Waals surface area contributed by atoms with Gasteiger partial charge in [0, 0.05) is 18.1 Å². The van der Waals surface area contributed by atoms with Crippen molar-refractivity contribution in [3.05, 3.63) is 0 Å². The van der Waals surface area contributed by atoms with Gasteiger partial charge >= 0.3 is 0 Å². The first-order valence-electron chi connectivity index (χ1n) is 8.21. The Hall–Kier alpha value is -0.0800. The van der Waals surface area contributed by atoms with Gasteiger partial charge in [0.25, 0.3) is 0 Å². The summed E-state index contributed by atoms with van der Waals surface area (Å²) < 4.78 is 0. The van der Waals surface area contributed by atoms with Crippen LogP contribution >= 0.6 is 0 Å². The van der Waals surface area contributed by atoms with Crippen molar-refractivity contribution in [2.24, 2.45) is 5.92 Å². The number of hydrogen-bond donors (Lipinski definition) is 1. The Kier molecular flexibility index (Phi) is 5.50. The predicted molar refractivity (Wildman–Crippen MR) is 78.9 cm³/mol. The third kappa shape index (κ3) is 3.96. The zero-order chi connectivity index (χ0) is 13.0. The summed E-state index contributed by atoms with van der Waals surface area (Å²) in [6.07, 6.45) is 9.96. The van der Waals surface area contributed by atoms with Crippen LogP contribution in [-0.2, 0) is 0 Å². The van der Waals surface area contributed by atoms with Gasteiger partial charge in [0.1, 0.15) is 0 Å². The van der Waals surface area contributed by atoms with Crippen molar-refractivity contribution in [3.63, 3.8) is 0 Å². The summed E-state index contributed by atoms with van der Waals surface area (Å²) in [6, 6.07) is 2.51. The molecule has 2 saturated carbocycles. The van der Waals surface area contributed by atoms with Crippen molar-refractivity contribution < 1.29 is 0 Å². The Bertz CT molecular complexity index is 233. The molecule has 2 fully saturated rings. The van der Waals surface area contributed by atoms with Crippen LogP contribution in [0.3, 0.4) is 0 Å². The van der Waals surface area contributed by atoms with Crippen LogP contribution in [0.4, 0.5) is 0 Å². The molecule has 0 amide bonds. The van der Waals surface area contributed by atoms with Gasteiger partial charge in [-0.2, -0.15) is 0 Å². The second kappa shape index (κ2) is 6.91. The van der Waals surface area contributed by atoms with E-state index in [1.807, 2.05) is 0 Å². The average molecular weight is 252 g/mol. The largest absolute Gasteiger partial charge is 0.313 e. The molecule has 2 atom stereocenters. The monoisotopic (exact) mass is 252 g/mol. The molecule has 2 aliphatic carbocycles. The number of rotatable bonds is 7. The maximum atomic E-state index is 3.74. The van der Waals surface area contributed by atoms with Crippen molar-refractivity contribution in [2.75, 3.05) is 13.1 Å². The molecule has 0 radical (unpaired) electrons. The molecule has 0 aromatic carbocycles. The molecule has 18 heavy (non-hydrogen) atoms. The van der Waals surface area contributed by atoms with Crippen molar-refractivity contribution in [1.29, 1.82) is 0 Å². The van der Waals surface area contributed by atoms with Crippen LogP contribution < -0.4 is 5.32 Å². The highest BCUT2D eigenvalue weighted by Gasteiger charge is 2.37. The molecule has 0 saturated heterocycles. The highest BCUT2D eigenvalue weighted by molar-refractivity contribution is 4.95. The van der Waals surface area contributed by atoms with E-state index in [-0.39, 0.29) is 0 Å². The van der Waals surface area contributed by atoms with Gasteiger partial charge in [0.15, 0.2) is 0 Å². The Morgan fingerprint density at radius 1 is 1.11 bits per heavy atom. The third-order valence-corrected chi connectivity index (χ3v) is 4.60. The summed E-state index contributed by atoms with van der Waals surface area (Å²) in [5.41, 5.74) is 0. The molecule has 0 spiro atoms. The molecule has 0 aromatic heterocycles. The second-order valence-corrected chi connectivity index (χ2v) is 6.67. The summed E-state index contributed by atoms with van der Waals surface area (Å²) in [5.74, 6) is 0.840. The van der Waals surface area contributed by atoms with Crippen molar-refractivity contribution in [1.82, 2.24) is 10.2 Å². The molecule has 0 aliphatic heterocycles. The number of hydrogen-bond acceptors (Lipinski definition) is 2. The Morgan fingerprint density at radius 2 is 1.83 bits per heavy atom. The molecular formula is C16H32N2. The molecule has 2 aliphatic rings. The molecule has 1 N–H and O–H groups in total. The van der Waals surface area contributed by atoms with Crippen LogP contribution in [0.2, 0.25) is 0 Å². The number of likely N-dealkylation sites (N-methyl/N-ethyl adjacent to an activating group) is 1. The van der Waals surface area contributed by atoms with E-state index in [1.54, 1.807) is 0 Å². The van der Waals surface area contributed by atoms with Gasteiger partial charge in [-0.3, -0.25) is 4.90 Å². The Labute approximate surface area is 114 Å². The lowest BCUT2D eigenvalue weighted by atomic mass is 9.88. The fraction of sp³-hybridized carbons (Fsp3) is 1.00. The van der Waals surface area contributed by atoms with Gasteiger partial charge in [-0.15, -0.1) is 0 Å². The first kappa shape index (κ1) is 14.3. The van der Waals surface area contributed by atoms with E-state index >= 15 is 0 Å². The molecule has 0 heterocycles. The van der Waals surface area contributed by atoms with Crippen LogP contribution in [0.1, 0.15) is 65.7 Å². The van der Waals surface area contributed by atoms with Crippen LogP contribution in [0.25, 0.3) is 0 Å². The quantitative estimate of drug-likeness (QED) is 0.747. The third-order valence-electron chi connectivity index (χ3n) is 4.60. The average Bonchev–Trinajstić information content (AvgIpc) is 3.16. The summed E-state index contributed by atoms with van der Waals surface area (Å²) >= 11 is 0. The lowest BCUT2D eigenvalue weighted by Crippen LogP contribution is -2.53. The molecule has 2 nitrogen and oxygen atoms in total. The van der Waals surface area contributed by atoms with E-state index in [0.29, 0.717) is 0 Å². The Morgan fingerprint density at radius 3 is 2.44 bits per heavy atom. The molecule has 2 heteroatoms. The lowest BCUT2D eigenvalue weighted by Gasteiger charge is -2.41. The second-order valence-electron chi connectivity index (χ2n) is 6.67. The summed E-state index contributed by atoms with van der Waals surface area (Å²) in [7, 11) is 0. The normalized spacial score (nSPS) is 29.2. The van der Waals surface area contributed by atoms with Crippen LogP contribution in [0.15, 0.2) is 0 Å². The number of nitrogens with one attached hydrogen (secondary N) is 1. The van der Waals surface area contributed by atoms with Gasteiger partial charge in [0.2, 0.25) is 0 Å². The van der Waals surface area contributed by atoms with Crippen LogP contribution in [-0.4, -0.2) is 36.1 Å². The van der Waals surface area contributed by atoms with Crippen LogP contribution in [0.5, 0.6) is 0 Å². The molecule has 2 rings (SSSR count). The minimum atomic E-state index is 0.761. The molecule has 2 unspecified atom stereocenters. The molecular weight excluding hydrogens is 220 g/mol. The van der Waals surface area contributed by atoms with Gasteiger partial charge in [-0.05, 0) is 51.1 Å². The topological polar surface area (TPSA) is 15.3 Å². The smallest absolute Gasteiger partial charge is 0.0252 e. The maximum absolute atomic E-state index is 3.74. The molecule has 0 bridgehead atoms. The van der Waals surface area contributed by atoms with E-state index in [0.717, 1.165) is 30.6 Å². The highest BCUT2D eigenvalue weighted by atomic mass is 15.2. The van der Waals surface area contributed by atoms with Crippen molar-refractivity contribution >= 4 is 0 Å². The van der Waals surface area contributed by atoms with Crippen molar-refractivity contribution in [3.8, 4) is 0 Å². The lowest BCUT2D eigenvalue weighted by molar-refractivity contribution is 0.109. The van der Waals surface area contributed by atoms with E-state index in [9.17, 15) is 0 Å². The fourth-order valence-electron chi connectivity index (χ4n) is 3.44. The Balaban J connectivity index is 1.93. The van der Waals surface area contributed by atoms with E-state index in [2.05, 4.69) is 31.0 Å². The van der Waals surface area contributed by atoms with Gasteiger partial charge < -0.3 is 5.32 Å². The minimum Gasteiger partial charge on any atom is -0.313 e. The fourth-order valence-corrected chi connectivity index (χ4v) is 3.44. The summed E-state index contributed by atoms with van der Waals surface area (Å²) in [6.45, 7) is 9.42. The first-order chi connectivity index (χ1) is 8.72. The zero-order valence-electron chi connectivity index (χ0n) is 12.6. The number of nitrogens with zero attached hydrogens (tertiary/aromatic N) is 1. The first-order valence-corrected chi connectivity index (χ1v) is 8.21. The SMILES string of the molecule is CCNC1CCCCC1N(CCC(C)C)C1CC1. The standard InChI is InChI=1S/C16H32N2/c1-4-17-15-7-5-6-8-16(15)18(14-9-10-14)12-11-13(2)3/h13-17H,4-12H2,1-3H3. The maximum Gasteiger partial charge on any atom is 0.0252 e. The molecule has 0 aromatic rings. The van der Waals surface area contributed by atoms with Gasteiger partial charge in [-0.1, -0.05) is 33.6 Å². The zero-order valence-corrected chi connectivity index (χ0v) is 12.6.